The number of thiophene rings is 1. The van der Waals surface area contributed by atoms with Gasteiger partial charge in [-0.25, -0.2) is 9.78 Å². The molecule has 174 valence electrons. The molecule has 1 aliphatic heterocycles. The van der Waals surface area contributed by atoms with Crippen LogP contribution in [0, 0.1) is 0 Å². The molecular formula is C22H23ClN4O5S. The number of hydrogen-bond donors (Lipinski definition) is 1. The second-order valence-electron chi connectivity index (χ2n) is 7.59. The third-order valence-electron chi connectivity index (χ3n) is 5.55. The number of carbonyl (C=O) groups is 2. The molecule has 0 unspecified atom stereocenters. The van der Waals surface area contributed by atoms with E-state index in [1.165, 1.54) is 14.2 Å². The van der Waals surface area contributed by atoms with E-state index in [2.05, 4.69) is 19.8 Å². The van der Waals surface area contributed by atoms with Gasteiger partial charge in [-0.3, -0.25) is 14.5 Å². The SMILES string of the molecule is COC(=O)Cc1c(C(=O)OC)sc2nc(CN3CCN(c4cccc(Cl)c4)CC3)[nH]c(=O)c12. The minimum Gasteiger partial charge on any atom is -0.469 e. The lowest BCUT2D eigenvalue weighted by Crippen LogP contribution is -2.46. The Balaban J connectivity index is 1.54. The van der Waals surface area contributed by atoms with Crippen molar-refractivity contribution in [3.8, 4) is 0 Å². The third-order valence-corrected chi connectivity index (χ3v) is 6.89. The van der Waals surface area contributed by atoms with Gasteiger partial charge in [0.15, 0.2) is 0 Å². The summed E-state index contributed by atoms with van der Waals surface area (Å²) in [6, 6.07) is 7.78. The zero-order valence-corrected chi connectivity index (χ0v) is 19.8. The van der Waals surface area contributed by atoms with Crippen molar-refractivity contribution in [2.45, 2.75) is 13.0 Å². The Bertz CT molecular complexity index is 1250. The van der Waals surface area contributed by atoms with Gasteiger partial charge in [0.05, 0.1) is 32.6 Å². The molecule has 0 bridgehead atoms. The molecule has 0 radical (unpaired) electrons. The van der Waals surface area contributed by atoms with Crippen molar-refractivity contribution in [1.29, 1.82) is 0 Å². The number of fused-ring (bicyclic) bond motifs is 1. The van der Waals surface area contributed by atoms with Crippen LogP contribution in [0.5, 0.6) is 0 Å². The monoisotopic (exact) mass is 490 g/mol. The van der Waals surface area contributed by atoms with Gasteiger partial charge in [-0.2, -0.15) is 0 Å². The summed E-state index contributed by atoms with van der Waals surface area (Å²) in [4.78, 5) is 49.4. The number of H-pyrrole nitrogens is 1. The van der Waals surface area contributed by atoms with E-state index < -0.39 is 17.5 Å². The quantitative estimate of drug-likeness (QED) is 0.525. The normalized spacial score (nSPS) is 14.5. The molecule has 11 heteroatoms. The van der Waals surface area contributed by atoms with E-state index in [9.17, 15) is 14.4 Å². The number of halogens is 1. The number of methoxy groups -OCH3 is 2. The number of hydrogen-bond acceptors (Lipinski definition) is 9. The number of nitrogens with zero attached hydrogens (tertiary/aromatic N) is 3. The molecule has 2 aromatic heterocycles. The summed E-state index contributed by atoms with van der Waals surface area (Å²) < 4.78 is 9.54. The van der Waals surface area contributed by atoms with Gasteiger partial charge >= 0.3 is 11.9 Å². The van der Waals surface area contributed by atoms with Gasteiger partial charge in [-0.05, 0) is 18.2 Å². The minimum atomic E-state index is -0.616. The number of ether oxygens (including phenoxy) is 2. The van der Waals surface area contributed by atoms with Gasteiger partial charge in [-0.1, -0.05) is 17.7 Å². The first kappa shape index (κ1) is 23.2. The van der Waals surface area contributed by atoms with E-state index in [0.717, 1.165) is 43.2 Å². The number of aromatic amines is 1. The lowest BCUT2D eigenvalue weighted by Gasteiger charge is -2.35. The average Bonchev–Trinajstić information content (AvgIpc) is 3.17. The highest BCUT2D eigenvalue weighted by molar-refractivity contribution is 7.20. The molecule has 1 saturated heterocycles. The molecule has 3 aromatic rings. The van der Waals surface area contributed by atoms with E-state index in [-0.39, 0.29) is 22.2 Å². The average molecular weight is 491 g/mol. The Kier molecular flexibility index (Phi) is 6.96. The molecular weight excluding hydrogens is 468 g/mol. The molecule has 4 rings (SSSR count). The maximum atomic E-state index is 12.9. The fraction of sp³-hybridized carbons (Fsp3) is 0.364. The Morgan fingerprint density at radius 2 is 1.94 bits per heavy atom. The Hall–Kier alpha value is -2.95. The van der Waals surface area contributed by atoms with Crippen LogP contribution in [0.3, 0.4) is 0 Å². The number of aromatic nitrogens is 2. The second-order valence-corrected chi connectivity index (χ2v) is 9.03. The van der Waals surface area contributed by atoms with Crippen molar-refractivity contribution in [3.63, 3.8) is 0 Å². The molecule has 0 amide bonds. The van der Waals surface area contributed by atoms with Crippen LogP contribution in [0.25, 0.3) is 10.2 Å². The highest BCUT2D eigenvalue weighted by Gasteiger charge is 2.25. The van der Waals surface area contributed by atoms with Crippen molar-refractivity contribution in [1.82, 2.24) is 14.9 Å². The lowest BCUT2D eigenvalue weighted by molar-refractivity contribution is -0.139. The smallest absolute Gasteiger partial charge is 0.348 e. The molecule has 33 heavy (non-hydrogen) atoms. The van der Waals surface area contributed by atoms with Crippen LogP contribution in [-0.2, 0) is 27.2 Å². The number of carbonyl (C=O) groups excluding carboxylic acids is 2. The fourth-order valence-electron chi connectivity index (χ4n) is 3.88. The summed E-state index contributed by atoms with van der Waals surface area (Å²) >= 11 is 7.15. The molecule has 0 aliphatic carbocycles. The second kappa shape index (κ2) is 9.90. The zero-order chi connectivity index (χ0) is 23.5. The van der Waals surface area contributed by atoms with Crippen LogP contribution < -0.4 is 10.5 Å². The molecule has 3 heterocycles. The van der Waals surface area contributed by atoms with Gasteiger partial charge in [0.25, 0.3) is 5.56 Å². The standard InChI is InChI=1S/C22H23ClN4O5S/c1-31-17(28)11-15-18-20(29)24-16(25-21(18)33-19(15)22(30)32-2)12-26-6-8-27(9-7-26)14-5-3-4-13(23)10-14/h3-5,10H,6-9,11-12H2,1-2H3,(H,24,25,29). The molecule has 0 saturated carbocycles. The van der Waals surface area contributed by atoms with Crippen LogP contribution in [0.4, 0.5) is 5.69 Å². The molecule has 0 spiro atoms. The zero-order valence-electron chi connectivity index (χ0n) is 18.2. The highest BCUT2D eigenvalue weighted by atomic mass is 35.5. The van der Waals surface area contributed by atoms with E-state index in [1.807, 2.05) is 24.3 Å². The van der Waals surface area contributed by atoms with Crippen molar-refractivity contribution in [2.24, 2.45) is 0 Å². The van der Waals surface area contributed by atoms with E-state index >= 15 is 0 Å². The number of anilines is 1. The summed E-state index contributed by atoms with van der Waals surface area (Å²) in [6.07, 6.45) is -0.212. The van der Waals surface area contributed by atoms with Crippen molar-refractivity contribution < 1.29 is 19.1 Å². The van der Waals surface area contributed by atoms with Crippen molar-refractivity contribution >= 4 is 50.8 Å². The summed E-state index contributed by atoms with van der Waals surface area (Å²) in [5.41, 5.74) is 0.976. The molecule has 9 nitrogen and oxygen atoms in total. The predicted molar refractivity (Wildman–Crippen MR) is 126 cm³/mol. The number of piperazine rings is 1. The van der Waals surface area contributed by atoms with Gasteiger partial charge in [0.2, 0.25) is 0 Å². The topological polar surface area (TPSA) is 105 Å². The Morgan fingerprint density at radius 3 is 2.61 bits per heavy atom. The first-order chi connectivity index (χ1) is 15.9. The molecule has 0 atom stereocenters. The third kappa shape index (κ3) is 5.02. The van der Waals surface area contributed by atoms with Gasteiger partial charge < -0.3 is 19.4 Å². The maximum Gasteiger partial charge on any atom is 0.348 e. The Labute approximate surface area is 198 Å². The van der Waals surface area contributed by atoms with Crippen LogP contribution in [0.2, 0.25) is 5.02 Å². The number of rotatable bonds is 6. The van der Waals surface area contributed by atoms with Gasteiger partial charge in [0, 0.05) is 42.5 Å². The largest absolute Gasteiger partial charge is 0.469 e. The summed E-state index contributed by atoms with van der Waals surface area (Å²) in [5, 5.41) is 0.930. The maximum absolute atomic E-state index is 12.9. The summed E-state index contributed by atoms with van der Waals surface area (Å²) in [5.74, 6) is -0.665. The number of benzene rings is 1. The fourth-order valence-corrected chi connectivity index (χ4v) is 5.19. The van der Waals surface area contributed by atoms with Crippen molar-refractivity contribution in [2.75, 3.05) is 45.3 Å². The number of nitrogens with one attached hydrogen (secondary N) is 1. The minimum absolute atomic E-state index is 0.184. The first-order valence-electron chi connectivity index (χ1n) is 10.3. The van der Waals surface area contributed by atoms with E-state index in [4.69, 9.17) is 21.1 Å². The lowest BCUT2D eigenvalue weighted by atomic mass is 10.1. The van der Waals surface area contributed by atoms with Crippen LogP contribution in [0.15, 0.2) is 29.1 Å². The van der Waals surface area contributed by atoms with E-state index in [1.54, 1.807) is 0 Å². The molecule has 1 N–H and O–H groups in total. The van der Waals surface area contributed by atoms with Crippen molar-refractivity contribution in [3.05, 3.63) is 55.9 Å². The molecule has 1 aliphatic rings. The molecule has 1 aromatic carbocycles. The highest BCUT2D eigenvalue weighted by Crippen LogP contribution is 2.29. The Morgan fingerprint density at radius 1 is 1.18 bits per heavy atom. The van der Waals surface area contributed by atoms with Crippen LogP contribution >= 0.6 is 22.9 Å². The summed E-state index contributed by atoms with van der Waals surface area (Å²) in [7, 11) is 2.50. The van der Waals surface area contributed by atoms with Gasteiger partial charge in [0.1, 0.15) is 15.5 Å². The van der Waals surface area contributed by atoms with E-state index in [0.29, 0.717) is 22.2 Å². The first-order valence-corrected chi connectivity index (χ1v) is 11.5. The molecule has 1 fully saturated rings. The predicted octanol–water partition coefficient (Wildman–Crippen LogP) is 2.46. The number of esters is 2. The van der Waals surface area contributed by atoms with Crippen LogP contribution in [0.1, 0.15) is 21.1 Å². The summed E-state index contributed by atoms with van der Waals surface area (Å²) in [6.45, 7) is 3.69. The van der Waals surface area contributed by atoms with Gasteiger partial charge in [-0.15, -0.1) is 11.3 Å². The van der Waals surface area contributed by atoms with Crippen LogP contribution in [-0.4, -0.2) is 67.2 Å².